The van der Waals surface area contributed by atoms with Crippen LogP contribution in [0.3, 0.4) is 0 Å². The van der Waals surface area contributed by atoms with Gasteiger partial charge in [-0.05, 0) is 80.0 Å². The zero-order valence-electron chi connectivity index (χ0n) is 24.7. The van der Waals surface area contributed by atoms with Gasteiger partial charge >= 0.3 is 0 Å². The van der Waals surface area contributed by atoms with Crippen molar-refractivity contribution in [2.75, 3.05) is 0 Å². The molecule has 1 nitrogen and oxygen atoms in total. The summed E-state index contributed by atoms with van der Waals surface area (Å²) in [4.78, 5) is 0. The molecule has 2 unspecified atom stereocenters. The minimum absolute atomic E-state index is 0.116. The molecule has 0 saturated carbocycles. The van der Waals surface area contributed by atoms with Gasteiger partial charge in [0.25, 0.3) is 0 Å². The van der Waals surface area contributed by atoms with Gasteiger partial charge in [-0.3, -0.25) is 0 Å². The van der Waals surface area contributed by atoms with E-state index in [1.807, 2.05) is 6.08 Å². The Morgan fingerprint density at radius 2 is 1.20 bits per heavy atom. The quantitative estimate of drug-likeness (QED) is 0.150. The van der Waals surface area contributed by atoms with E-state index in [1.54, 1.807) is 0 Å². The first kappa shape index (κ1) is 26.2. The SMILES string of the molecule is C=CC1c2oc3ccc(-c4c5ccccc5c(-c5ccccc5)c5cc(-c6ccccc6)ccc45)cc3c2C=CC1/C=C\C. The molecule has 1 heterocycles. The molecule has 0 radical (unpaired) electrons. The fourth-order valence-corrected chi connectivity index (χ4v) is 7.10. The number of allylic oxidation sites excluding steroid dienone is 4. The lowest BCUT2D eigenvalue weighted by Gasteiger charge is -2.21. The van der Waals surface area contributed by atoms with Gasteiger partial charge in [0, 0.05) is 22.8 Å². The molecule has 0 spiro atoms. The van der Waals surface area contributed by atoms with Crippen LogP contribution in [-0.2, 0) is 0 Å². The van der Waals surface area contributed by atoms with Crippen LogP contribution in [0.2, 0.25) is 0 Å². The van der Waals surface area contributed by atoms with E-state index in [0.29, 0.717) is 0 Å². The van der Waals surface area contributed by atoms with Crippen LogP contribution in [0.25, 0.3) is 72.0 Å². The molecule has 0 fully saturated rings. The van der Waals surface area contributed by atoms with Gasteiger partial charge in [-0.2, -0.15) is 0 Å². The van der Waals surface area contributed by atoms with E-state index in [9.17, 15) is 0 Å². The molecular formula is C43H32O. The summed E-state index contributed by atoms with van der Waals surface area (Å²) in [7, 11) is 0. The van der Waals surface area contributed by atoms with Crippen LogP contribution in [0, 0.1) is 5.92 Å². The average Bonchev–Trinajstić information content (AvgIpc) is 3.45. The highest BCUT2D eigenvalue weighted by molar-refractivity contribution is 6.22. The Labute approximate surface area is 258 Å². The summed E-state index contributed by atoms with van der Waals surface area (Å²) in [5.41, 5.74) is 9.44. The van der Waals surface area contributed by atoms with Crippen molar-refractivity contribution < 1.29 is 4.42 Å². The molecule has 1 aliphatic carbocycles. The standard InChI is InChI=1S/C43H32O/c1-3-13-29-20-24-37-38-27-32(22-25-40(38)44-43(37)33(29)4-2)42-35-19-12-11-18-34(35)41(30-16-9-6-10-17-30)39-26-31(21-23-36(39)42)28-14-7-5-8-15-28/h3-27,29,33H,2H2,1H3/b13-3-. The minimum Gasteiger partial charge on any atom is -0.460 e. The predicted molar refractivity (Wildman–Crippen MR) is 188 cm³/mol. The first-order valence-electron chi connectivity index (χ1n) is 15.3. The van der Waals surface area contributed by atoms with Crippen molar-refractivity contribution in [1.82, 2.24) is 0 Å². The third-order valence-electron chi connectivity index (χ3n) is 9.11. The van der Waals surface area contributed by atoms with Crippen molar-refractivity contribution in [1.29, 1.82) is 0 Å². The highest BCUT2D eigenvalue weighted by Crippen LogP contribution is 2.47. The first-order chi connectivity index (χ1) is 21.7. The van der Waals surface area contributed by atoms with E-state index < -0.39 is 0 Å². The van der Waals surface area contributed by atoms with E-state index in [0.717, 1.165) is 22.3 Å². The summed E-state index contributed by atoms with van der Waals surface area (Å²) in [6, 6.07) is 44.0. The molecule has 44 heavy (non-hydrogen) atoms. The van der Waals surface area contributed by atoms with Crippen molar-refractivity contribution in [2.24, 2.45) is 5.92 Å². The highest BCUT2D eigenvalue weighted by Gasteiger charge is 2.28. The molecule has 210 valence electrons. The maximum Gasteiger partial charge on any atom is 0.134 e. The van der Waals surface area contributed by atoms with Crippen molar-refractivity contribution >= 4 is 38.6 Å². The lowest BCUT2D eigenvalue weighted by molar-refractivity contribution is 0.494. The smallest absolute Gasteiger partial charge is 0.134 e. The third-order valence-corrected chi connectivity index (χ3v) is 9.11. The number of rotatable bonds is 5. The number of furan rings is 1. The Morgan fingerprint density at radius 3 is 1.91 bits per heavy atom. The maximum absolute atomic E-state index is 6.52. The maximum atomic E-state index is 6.52. The van der Waals surface area contributed by atoms with Gasteiger partial charge in [0.1, 0.15) is 11.3 Å². The summed E-state index contributed by atoms with van der Waals surface area (Å²) < 4.78 is 6.52. The molecule has 0 saturated heterocycles. The Balaban J connectivity index is 1.43. The zero-order chi connectivity index (χ0) is 29.6. The number of fused-ring (bicyclic) bond motifs is 5. The van der Waals surface area contributed by atoms with Crippen LogP contribution in [0.4, 0.5) is 0 Å². The van der Waals surface area contributed by atoms with Gasteiger partial charge < -0.3 is 4.42 Å². The monoisotopic (exact) mass is 564 g/mol. The van der Waals surface area contributed by atoms with Crippen LogP contribution in [0.15, 0.2) is 157 Å². The summed E-state index contributed by atoms with van der Waals surface area (Å²) in [5.74, 6) is 1.37. The fraction of sp³-hybridized carbons (Fsp3) is 0.0698. The lowest BCUT2D eigenvalue weighted by atomic mass is 9.82. The molecule has 1 heteroatoms. The molecule has 8 rings (SSSR count). The second-order valence-corrected chi connectivity index (χ2v) is 11.6. The van der Waals surface area contributed by atoms with Crippen LogP contribution < -0.4 is 0 Å². The first-order valence-corrected chi connectivity index (χ1v) is 15.3. The number of benzene rings is 6. The lowest BCUT2D eigenvalue weighted by Crippen LogP contribution is -2.09. The van der Waals surface area contributed by atoms with E-state index in [1.165, 1.54) is 54.9 Å². The summed E-state index contributed by atoms with van der Waals surface area (Å²) in [6.45, 7) is 6.22. The Bertz CT molecular complexity index is 2250. The van der Waals surface area contributed by atoms with E-state index >= 15 is 0 Å². The summed E-state index contributed by atoms with van der Waals surface area (Å²) >= 11 is 0. The van der Waals surface area contributed by atoms with Gasteiger partial charge in [0.15, 0.2) is 0 Å². The van der Waals surface area contributed by atoms with E-state index in [2.05, 4.69) is 159 Å². The largest absolute Gasteiger partial charge is 0.460 e. The van der Waals surface area contributed by atoms with Gasteiger partial charge in [0.2, 0.25) is 0 Å². The van der Waals surface area contributed by atoms with Crippen molar-refractivity contribution in [3.63, 3.8) is 0 Å². The Hall–Kier alpha value is -5.40. The average molecular weight is 565 g/mol. The van der Waals surface area contributed by atoms with Crippen LogP contribution in [-0.4, -0.2) is 0 Å². The van der Waals surface area contributed by atoms with Gasteiger partial charge in [-0.15, -0.1) is 6.58 Å². The molecule has 0 amide bonds. The van der Waals surface area contributed by atoms with Gasteiger partial charge in [0.05, 0.1) is 0 Å². The Morgan fingerprint density at radius 1 is 0.591 bits per heavy atom. The molecule has 2 atom stereocenters. The van der Waals surface area contributed by atoms with Crippen LogP contribution in [0.5, 0.6) is 0 Å². The normalized spacial score (nSPS) is 16.2. The molecule has 7 aromatic rings. The zero-order valence-corrected chi connectivity index (χ0v) is 24.7. The highest BCUT2D eigenvalue weighted by atomic mass is 16.3. The van der Waals surface area contributed by atoms with Gasteiger partial charge in [-0.1, -0.05) is 134 Å². The molecule has 1 aliphatic rings. The van der Waals surface area contributed by atoms with E-state index in [4.69, 9.17) is 4.42 Å². The summed E-state index contributed by atoms with van der Waals surface area (Å²) in [5, 5.41) is 6.13. The minimum atomic E-state index is 0.116. The number of hydrogen-bond donors (Lipinski definition) is 0. The van der Waals surface area contributed by atoms with Crippen LogP contribution >= 0.6 is 0 Å². The predicted octanol–water partition coefficient (Wildman–Crippen LogP) is 12.2. The molecule has 0 aliphatic heterocycles. The Kier molecular flexibility index (Phi) is 6.38. The van der Waals surface area contributed by atoms with Crippen molar-refractivity contribution in [3.8, 4) is 33.4 Å². The van der Waals surface area contributed by atoms with Crippen molar-refractivity contribution in [3.05, 3.63) is 164 Å². The van der Waals surface area contributed by atoms with Crippen molar-refractivity contribution in [2.45, 2.75) is 12.8 Å². The fourth-order valence-electron chi connectivity index (χ4n) is 7.10. The second-order valence-electron chi connectivity index (χ2n) is 11.6. The van der Waals surface area contributed by atoms with Crippen LogP contribution in [0.1, 0.15) is 24.2 Å². The van der Waals surface area contributed by atoms with E-state index in [-0.39, 0.29) is 11.8 Å². The topological polar surface area (TPSA) is 13.1 Å². The molecule has 6 aromatic carbocycles. The second kappa shape index (κ2) is 10.7. The molecule has 0 bridgehead atoms. The summed E-state index contributed by atoms with van der Waals surface area (Å²) in [6.07, 6.45) is 10.9. The number of hydrogen-bond acceptors (Lipinski definition) is 1. The molecular weight excluding hydrogens is 532 g/mol. The third kappa shape index (κ3) is 4.16. The molecule has 1 aromatic heterocycles. The van der Waals surface area contributed by atoms with Gasteiger partial charge in [-0.25, -0.2) is 0 Å². The molecule has 0 N–H and O–H groups in total.